The van der Waals surface area contributed by atoms with Gasteiger partial charge in [0.2, 0.25) is 5.91 Å². The van der Waals surface area contributed by atoms with E-state index in [2.05, 4.69) is 15.5 Å². The predicted molar refractivity (Wildman–Crippen MR) is 203 cm³/mol. The summed E-state index contributed by atoms with van der Waals surface area (Å²) in [4.78, 5) is 26.9. The molecule has 3 N–H and O–H groups in total. The Hall–Kier alpha value is -4.17. The first-order valence-electron chi connectivity index (χ1n) is 18.3. The third-order valence-corrected chi connectivity index (χ3v) is 10.4. The van der Waals surface area contributed by atoms with Gasteiger partial charge in [-0.3, -0.25) is 19.0 Å². The smallest absolute Gasteiger partial charge is 0.308 e. The number of halogens is 3. The van der Waals surface area contributed by atoms with Crippen LogP contribution in [0.3, 0.4) is 0 Å². The SMILES string of the molecule is C.CCOC(=O)C1CCC(CC(=O)N2CCc3c(CO)nn(Cc4ccc(F)cc4)c3C2)CC1.Cl.OCc1nn(Cc2ccc(F)cc2)c2c1CCNC2. The Morgan fingerprint density at radius 3 is 1.91 bits per heavy atom. The van der Waals surface area contributed by atoms with Crippen LogP contribution in [-0.2, 0) is 66.6 Å². The van der Waals surface area contributed by atoms with Crippen molar-refractivity contribution in [3.05, 3.63) is 105 Å². The van der Waals surface area contributed by atoms with Gasteiger partial charge in [0, 0.05) is 30.6 Å². The first-order chi connectivity index (χ1) is 25.3. The lowest BCUT2D eigenvalue weighted by Gasteiger charge is -2.31. The Balaban J connectivity index is 0.000000264. The number of aliphatic hydroxyl groups is 2. The second kappa shape index (κ2) is 19.9. The molecule has 14 heteroatoms. The van der Waals surface area contributed by atoms with Crippen LogP contribution < -0.4 is 5.32 Å². The summed E-state index contributed by atoms with van der Waals surface area (Å²) in [6.45, 7) is 5.87. The van der Waals surface area contributed by atoms with Gasteiger partial charge in [0.15, 0.2) is 0 Å². The Morgan fingerprint density at radius 2 is 1.37 bits per heavy atom. The van der Waals surface area contributed by atoms with Gasteiger partial charge in [-0.25, -0.2) is 8.78 Å². The maximum Gasteiger partial charge on any atom is 0.308 e. The monoisotopic (exact) mass is 770 g/mol. The van der Waals surface area contributed by atoms with Crippen molar-refractivity contribution in [3.8, 4) is 0 Å². The van der Waals surface area contributed by atoms with Crippen molar-refractivity contribution >= 4 is 24.3 Å². The van der Waals surface area contributed by atoms with Crippen LogP contribution in [0.1, 0.15) is 91.5 Å². The van der Waals surface area contributed by atoms with Crippen LogP contribution in [-0.4, -0.2) is 66.2 Å². The van der Waals surface area contributed by atoms with Crippen LogP contribution in [0.15, 0.2) is 48.5 Å². The molecule has 4 heterocycles. The molecular weight excluding hydrogens is 718 g/mol. The zero-order valence-corrected chi connectivity index (χ0v) is 30.9. The molecule has 1 fully saturated rings. The predicted octanol–water partition coefficient (Wildman–Crippen LogP) is 5.47. The number of rotatable bonds is 10. The summed E-state index contributed by atoms with van der Waals surface area (Å²) in [5.74, 6) is -0.247. The highest BCUT2D eigenvalue weighted by molar-refractivity contribution is 5.85. The summed E-state index contributed by atoms with van der Waals surface area (Å²) in [5, 5.41) is 31.5. The third kappa shape index (κ3) is 10.3. The number of nitrogens with one attached hydrogen (secondary N) is 1. The van der Waals surface area contributed by atoms with E-state index in [0.717, 1.165) is 84.5 Å². The fourth-order valence-corrected chi connectivity index (χ4v) is 7.55. The molecule has 1 aliphatic carbocycles. The summed E-state index contributed by atoms with van der Waals surface area (Å²) in [6, 6.07) is 12.7. The summed E-state index contributed by atoms with van der Waals surface area (Å²) in [7, 11) is 0. The van der Waals surface area contributed by atoms with Crippen LogP contribution in [0.25, 0.3) is 0 Å². The Kier molecular flexibility index (Phi) is 15.7. The number of fused-ring (bicyclic) bond motifs is 2. The van der Waals surface area contributed by atoms with Gasteiger partial charge in [0.05, 0.1) is 68.1 Å². The first kappa shape index (κ1) is 42.6. The van der Waals surface area contributed by atoms with E-state index >= 15 is 0 Å². The molecule has 0 radical (unpaired) electrons. The average Bonchev–Trinajstić information content (AvgIpc) is 3.71. The van der Waals surface area contributed by atoms with Crippen molar-refractivity contribution in [2.45, 2.75) is 98.7 Å². The molecule has 0 spiro atoms. The van der Waals surface area contributed by atoms with Crippen molar-refractivity contribution in [1.82, 2.24) is 29.8 Å². The number of nitrogens with zero attached hydrogens (tertiary/aromatic N) is 5. The molecule has 7 rings (SSSR count). The number of ether oxygens (including phenoxy) is 1. The minimum Gasteiger partial charge on any atom is -0.466 e. The average molecular weight is 771 g/mol. The molecule has 0 unspecified atom stereocenters. The molecule has 2 aromatic heterocycles. The van der Waals surface area contributed by atoms with E-state index in [1.165, 1.54) is 24.3 Å². The number of aliphatic hydroxyl groups excluding tert-OH is 2. The van der Waals surface area contributed by atoms with E-state index < -0.39 is 0 Å². The fraction of sp³-hybridized carbons (Fsp3) is 0.500. The molecular formula is C40H53ClF2N6O5. The third-order valence-electron chi connectivity index (χ3n) is 10.4. The Labute approximate surface area is 322 Å². The van der Waals surface area contributed by atoms with E-state index in [9.17, 15) is 28.6 Å². The lowest BCUT2D eigenvalue weighted by atomic mass is 9.80. The van der Waals surface area contributed by atoms with Crippen molar-refractivity contribution in [2.75, 3.05) is 19.7 Å². The van der Waals surface area contributed by atoms with Crippen LogP contribution >= 0.6 is 12.4 Å². The van der Waals surface area contributed by atoms with Gasteiger partial charge < -0.3 is 25.2 Å². The van der Waals surface area contributed by atoms with Gasteiger partial charge in [0.25, 0.3) is 0 Å². The van der Waals surface area contributed by atoms with Crippen LogP contribution in [0.5, 0.6) is 0 Å². The molecule has 0 saturated heterocycles. The molecule has 3 aliphatic rings. The molecule has 54 heavy (non-hydrogen) atoms. The minimum absolute atomic E-state index is 0. The number of carbonyl (C=O) groups excluding carboxylic acids is 2. The highest BCUT2D eigenvalue weighted by atomic mass is 35.5. The zero-order chi connectivity index (χ0) is 36.6. The molecule has 0 bridgehead atoms. The van der Waals surface area contributed by atoms with Gasteiger partial charge in [-0.1, -0.05) is 31.7 Å². The van der Waals surface area contributed by atoms with E-state index in [4.69, 9.17) is 4.74 Å². The zero-order valence-electron chi connectivity index (χ0n) is 30.1. The van der Waals surface area contributed by atoms with Gasteiger partial charge in [-0.15, -0.1) is 12.4 Å². The summed E-state index contributed by atoms with van der Waals surface area (Å²) >= 11 is 0. The van der Waals surface area contributed by atoms with Gasteiger partial charge >= 0.3 is 5.97 Å². The first-order valence-corrected chi connectivity index (χ1v) is 18.3. The number of hydrogen-bond donors (Lipinski definition) is 3. The number of carbonyl (C=O) groups is 2. The molecule has 1 saturated carbocycles. The van der Waals surface area contributed by atoms with Crippen molar-refractivity contribution in [1.29, 1.82) is 0 Å². The lowest BCUT2D eigenvalue weighted by molar-refractivity contribution is -0.149. The van der Waals surface area contributed by atoms with E-state index in [-0.39, 0.29) is 62.5 Å². The molecule has 2 aromatic carbocycles. The largest absolute Gasteiger partial charge is 0.466 e. The standard InChI is InChI=1S/C25H32FN3O4.C14H16FN3O.CH4.ClH/c1-2-33-25(32)19-7-3-17(4-8-19)13-24(31)28-12-11-21-22(16-30)27-29(23(21)15-28)14-18-5-9-20(26)10-6-18;15-11-3-1-10(2-4-11)8-18-14-7-16-6-5-12(14)13(9-19)17-18;;/h5-6,9-10,17,19,30H,2-4,7-8,11-16H2,1H3;1-4,16,19H,5-9H2;1H4;1H. The molecule has 294 valence electrons. The second-order valence-electron chi connectivity index (χ2n) is 13.8. The molecule has 4 aromatic rings. The summed E-state index contributed by atoms with van der Waals surface area (Å²) in [5.41, 5.74) is 7.56. The lowest BCUT2D eigenvalue weighted by Crippen LogP contribution is -2.38. The number of hydrogen-bond acceptors (Lipinski definition) is 8. The van der Waals surface area contributed by atoms with Crippen molar-refractivity contribution in [3.63, 3.8) is 0 Å². The van der Waals surface area contributed by atoms with Gasteiger partial charge in [0.1, 0.15) is 11.6 Å². The van der Waals surface area contributed by atoms with E-state index in [1.807, 2.05) is 21.2 Å². The van der Waals surface area contributed by atoms with Crippen LogP contribution in [0.2, 0.25) is 0 Å². The fourth-order valence-electron chi connectivity index (χ4n) is 7.55. The van der Waals surface area contributed by atoms with Gasteiger partial charge in [-0.2, -0.15) is 10.2 Å². The highest BCUT2D eigenvalue weighted by Crippen LogP contribution is 2.33. The number of amides is 1. The number of benzene rings is 2. The molecule has 1 amide bonds. The molecule has 0 atom stereocenters. The maximum atomic E-state index is 13.3. The van der Waals surface area contributed by atoms with Crippen LogP contribution in [0, 0.1) is 23.5 Å². The second-order valence-corrected chi connectivity index (χ2v) is 13.8. The normalized spacial score (nSPS) is 17.5. The summed E-state index contributed by atoms with van der Waals surface area (Å²) < 4.78 is 35.0. The Morgan fingerprint density at radius 1 is 0.833 bits per heavy atom. The minimum atomic E-state index is -0.287. The Bertz CT molecular complexity index is 1820. The topological polar surface area (TPSA) is 135 Å². The molecule has 2 aliphatic heterocycles. The van der Waals surface area contributed by atoms with Gasteiger partial charge in [-0.05, 0) is 93.3 Å². The van der Waals surface area contributed by atoms with Crippen LogP contribution in [0.4, 0.5) is 8.78 Å². The van der Waals surface area contributed by atoms with E-state index in [0.29, 0.717) is 57.2 Å². The van der Waals surface area contributed by atoms with E-state index in [1.54, 1.807) is 24.3 Å². The highest BCUT2D eigenvalue weighted by Gasteiger charge is 2.32. The van der Waals surface area contributed by atoms with Crippen molar-refractivity contribution < 1.29 is 33.3 Å². The number of esters is 1. The molecule has 11 nitrogen and oxygen atoms in total. The quantitative estimate of drug-likeness (QED) is 0.181. The summed E-state index contributed by atoms with van der Waals surface area (Å²) in [6.07, 6.45) is 5.35. The number of aromatic nitrogens is 4. The van der Waals surface area contributed by atoms with Crippen molar-refractivity contribution in [2.24, 2.45) is 11.8 Å². The maximum absolute atomic E-state index is 13.3.